The van der Waals surface area contributed by atoms with E-state index in [1.807, 2.05) is 4.98 Å². The second-order valence-electron chi connectivity index (χ2n) is 5.73. The van der Waals surface area contributed by atoms with Crippen LogP contribution in [0.5, 0.6) is 0 Å². The summed E-state index contributed by atoms with van der Waals surface area (Å²) in [4.78, 5) is 36.4. The molecule has 1 amide bonds. The van der Waals surface area contributed by atoms with Gasteiger partial charge >= 0.3 is 12.1 Å². The van der Waals surface area contributed by atoms with Gasteiger partial charge in [-0.15, -0.1) is 0 Å². The summed E-state index contributed by atoms with van der Waals surface area (Å²) in [6, 6.07) is 0.516. The lowest BCUT2D eigenvalue weighted by molar-refractivity contribution is -0.140. The number of hydrogen-bond acceptors (Lipinski definition) is 3. The van der Waals surface area contributed by atoms with Gasteiger partial charge in [0.1, 0.15) is 5.69 Å². The van der Waals surface area contributed by atoms with Crippen LogP contribution in [-0.2, 0) is 15.8 Å². The second kappa shape index (κ2) is 4.85. The molecule has 0 unspecified atom stereocenters. The van der Waals surface area contributed by atoms with Crippen LogP contribution in [0.2, 0.25) is 0 Å². The predicted molar refractivity (Wildman–Crippen MR) is 69.1 cm³/mol. The monoisotopic (exact) mass is 318 g/mol. The minimum atomic E-state index is -4.67. The Kier molecular flexibility index (Phi) is 3.54. The second-order valence-corrected chi connectivity index (χ2v) is 5.73. The Morgan fingerprint density at radius 3 is 2.36 bits per heavy atom. The Balaban J connectivity index is 2.23. The van der Waals surface area contributed by atoms with E-state index in [-0.39, 0.29) is 0 Å². The lowest BCUT2D eigenvalue weighted by Crippen LogP contribution is -2.24. The van der Waals surface area contributed by atoms with Crippen molar-refractivity contribution in [1.29, 1.82) is 0 Å². The average molecular weight is 318 g/mol. The first-order chi connectivity index (χ1) is 9.96. The summed E-state index contributed by atoms with van der Waals surface area (Å²) in [7, 11) is 0. The van der Waals surface area contributed by atoms with Crippen molar-refractivity contribution >= 4 is 17.6 Å². The highest BCUT2D eigenvalue weighted by Crippen LogP contribution is 2.58. The molecule has 0 aromatic carbocycles. The highest BCUT2D eigenvalue weighted by molar-refractivity contribution is 5.99. The Labute approximate surface area is 122 Å². The highest BCUT2D eigenvalue weighted by Gasteiger charge is 2.65. The third-order valence-corrected chi connectivity index (χ3v) is 3.86. The first-order valence-electron chi connectivity index (χ1n) is 6.30. The van der Waals surface area contributed by atoms with Gasteiger partial charge in [-0.2, -0.15) is 13.2 Å². The number of alkyl halides is 3. The molecule has 0 spiro atoms. The van der Waals surface area contributed by atoms with Crippen molar-refractivity contribution in [3.05, 3.63) is 28.2 Å². The Bertz CT molecular complexity index is 693. The van der Waals surface area contributed by atoms with E-state index >= 15 is 0 Å². The normalized spacial score (nSPS) is 23.0. The third kappa shape index (κ3) is 2.70. The zero-order chi connectivity index (χ0) is 16.9. The third-order valence-electron chi connectivity index (χ3n) is 3.86. The smallest absolute Gasteiger partial charge is 0.417 e. The Morgan fingerprint density at radius 1 is 1.32 bits per heavy atom. The van der Waals surface area contributed by atoms with Crippen LogP contribution in [0.3, 0.4) is 0 Å². The number of aliphatic carboxylic acids is 1. The van der Waals surface area contributed by atoms with Gasteiger partial charge in [0.15, 0.2) is 0 Å². The van der Waals surface area contributed by atoms with Crippen LogP contribution < -0.4 is 10.9 Å². The van der Waals surface area contributed by atoms with E-state index in [0.29, 0.717) is 12.3 Å². The molecule has 3 N–H and O–H groups in total. The van der Waals surface area contributed by atoms with Crippen molar-refractivity contribution < 1.29 is 27.9 Å². The van der Waals surface area contributed by atoms with E-state index in [1.165, 1.54) is 0 Å². The van der Waals surface area contributed by atoms with Crippen LogP contribution in [0.4, 0.5) is 18.9 Å². The summed E-state index contributed by atoms with van der Waals surface area (Å²) in [5, 5.41) is 11.1. The van der Waals surface area contributed by atoms with E-state index in [4.69, 9.17) is 5.11 Å². The van der Waals surface area contributed by atoms with E-state index in [0.717, 1.165) is 0 Å². The molecule has 1 aliphatic carbocycles. The fourth-order valence-corrected chi connectivity index (χ4v) is 2.54. The van der Waals surface area contributed by atoms with Gasteiger partial charge in [0, 0.05) is 6.20 Å². The van der Waals surface area contributed by atoms with Gasteiger partial charge < -0.3 is 15.4 Å². The molecule has 1 saturated carbocycles. The number of carboxylic acids is 1. The van der Waals surface area contributed by atoms with Crippen molar-refractivity contribution in [3.8, 4) is 0 Å². The molecule has 6 nitrogen and oxygen atoms in total. The number of rotatable bonds is 3. The molecule has 1 aromatic rings. The van der Waals surface area contributed by atoms with Gasteiger partial charge in [0.05, 0.1) is 17.4 Å². The molecular formula is C13H13F3N2O4. The van der Waals surface area contributed by atoms with Crippen LogP contribution >= 0.6 is 0 Å². The van der Waals surface area contributed by atoms with Crippen molar-refractivity contribution in [2.45, 2.75) is 20.0 Å². The van der Waals surface area contributed by atoms with Crippen LogP contribution in [-0.4, -0.2) is 22.0 Å². The lowest BCUT2D eigenvalue weighted by atomic mass is 10.1. The lowest BCUT2D eigenvalue weighted by Gasteiger charge is -2.09. The summed E-state index contributed by atoms with van der Waals surface area (Å²) in [5.41, 5.74) is -3.39. The molecule has 120 valence electrons. The van der Waals surface area contributed by atoms with Gasteiger partial charge in [-0.25, -0.2) is 0 Å². The maximum atomic E-state index is 12.6. The molecule has 1 aliphatic rings. The fraction of sp³-hybridized carbons (Fsp3) is 0.462. The van der Waals surface area contributed by atoms with Crippen LogP contribution in [0.15, 0.2) is 17.1 Å². The minimum absolute atomic E-state index is 0.499. The number of H-pyrrole nitrogens is 1. The minimum Gasteiger partial charge on any atom is -0.481 e. The average Bonchev–Trinajstić information content (AvgIpc) is 2.94. The van der Waals surface area contributed by atoms with Crippen LogP contribution in [0.25, 0.3) is 0 Å². The van der Waals surface area contributed by atoms with E-state index in [1.54, 1.807) is 13.8 Å². The van der Waals surface area contributed by atoms with Gasteiger partial charge in [-0.1, -0.05) is 13.8 Å². The van der Waals surface area contributed by atoms with Gasteiger partial charge in [-0.3, -0.25) is 14.4 Å². The number of aromatic amines is 1. The zero-order valence-corrected chi connectivity index (χ0v) is 11.6. The number of halogens is 3. The van der Waals surface area contributed by atoms with Gasteiger partial charge in [-0.05, 0) is 11.5 Å². The zero-order valence-electron chi connectivity index (χ0n) is 11.6. The quantitative estimate of drug-likeness (QED) is 0.789. The molecule has 1 aromatic heterocycles. The largest absolute Gasteiger partial charge is 0.481 e. The van der Waals surface area contributed by atoms with Crippen LogP contribution in [0, 0.1) is 17.3 Å². The molecular weight excluding hydrogens is 305 g/mol. The molecule has 22 heavy (non-hydrogen) atoms. The maximum Gasteiger partial charge on any atom is 0.417 e. The van der Waals surface area contributed by atoms with E-state index < -0.39 is 52.1 Å². The molecule has 0 bridgehead atoms. The molecule has 0 aliphatic heterocycles. The number of nitrogens with one attached hydrogen (secondary N) is 2. The number of amides is 1. The SMILES string of the molecule is CC1(C)[C@H](C(=O)O)[C@@H]1C(=O)Nc1cc(C(F)(F)F)c[nH]c1=O. The number of pyridine rings is 1. The van der Waals surface area contributed by atoms with Gasteiger partial charge in [0.2, 0.25) is 5.91 Å². The number of carboxylic acid groups (broad SMARTS) is 1. The summed E-state index contributed by atoms with van der Waals surface area (Å²) >= 11 is 0. The summed E-state index contributed by atoms with van der Waals surface area (Å²) < 4.78 is 37.8. The molecule has 0 radical (unpaired) electrons. The van der Waals surface area contributed by atoms with Crippen molar-refractivity contribution in [2.75, 3.05) is 5.32 Å². The Morgan fingerprint density at radius 2 is 1.91 bits per heavy atom. The first kappa shape index (κ1) is 16.1. The van der Waals surface area contributed by atoms with Crippen LogP contribution in [0.1, 0.15) is 19.4 Å². The molecule has 2 atom stereocenters. The number of aromatic nitrogens is 1. The standard InChI is InChI=1S/C13H13F3N2O4/c1-12(2)7(8(12)11(21)22)10(20)18-6-3-5(13(14,15)16)4-17-9(6)19/h3-4,7-8H,1-2H3,(H,17,19)(H,18,20)(H,21,22)/t7-,8+/m1/s1. The van der Waals surface area contributed by atoms with Crippen molar-refractivity contribution in [3.63, 3.8) is 0 Å². The molecule has 1 fully saturated rings. The number of hydrogen-bond donors (Lipinski definition) is 3. The first-order valence-corrected chi connectivity index (χ1v) is 6.30. The van der Waals surface area contributed by atoms with Crippen molar-refractivity contribution in [2.24, 2.45) is 17.3 Å². The molecule has 1 heterocycles. The highest BCUT2D eigenvalue weighted by atomic mass is 19.4. The van der Waals surface area contributed by atoms with Crippen molar-refractivity contribution in [1.82, 2.24) is 4.98 Å². The van der Waals surface area contributed by atoms with Gasteiger partial charge in [0.25, 0.3) is 5.56 Å². The van der Waals surface area contributed by atoms with E-state index in [2.05, 4.69) is 5.32 Å². The number of carbonyl (C=O) groups excluding carboxylic acids is 1. The fourth-order valence-electron chi connectivity index (χ4n) is 2.54. The van der Waals surface area contributed by atoms with E-state index in [9.17, 15) is 27.6 Å². The molecule has 9 heteroatoms. The molecule has 0 saturated heterocycles. The summed E-state index contributed by atoms with van der Waals surface area (Å²) in [6.07, 6.45) is -4.18. The predicted octanol–water partition coefficient (Wildman–Crippen LogP) is 1.69. The summed E-state index contributed by atoms with van der Waals surface area (Å²) in [5.74, 6) is -3.79. The number of anilines is 1. The Hall–Kier alpha value is -2.32. The molecule has 2 rings (SSSR count). The summed E-state index contributed by atoms with van der Waals surface area (Å²) in [6.45, 7) is 3.12. The number of carbonyl (C=O) groups is 2. The maximum absolute atomic E-state index is 12.6. The topological polar surface area (TPSA) is 99.3 Å².